The fourth-order valence-electron chi connectivity index (χ4n) is 11.8. The molecule has 3 heterocycles. The Morgan fingerprint density at radius 2 is 0.719 bits per heavy atom. The Morgan fingerprint density at radius 3 is 1.12 bits per heavy atom. The number of unbranched alkanes of at least 4 members (excludes halogenated alkanes) is 32. The van der Waals surface area contributed by atoms with E-state index in [0.717, 1.165) is 64.2 Å². The highest BCUT2D eigenvalue weighted by atomic mass is 16.8. The highest BCUT2D eigenvalue weighted by Crippen LogP contribution is 2.33. The van der Waals surface area contributed by atoms with Crippen LogP contribution in [0.15, 0.2) is 48.6 Å². The number of carbonyl (C=O) groups excluding carboxylic acids is 1. The molecule has 3 saturated heterocycles. The smallest absolute Gasteiger partial charge is 0.220 e. The Bertz CT molecular complexity index is 1800. The molecule has 0 aromatic rings. The van der Waals surface area contributed by atoms with Gasteiger partial charge in [0.2, 0.25) is 5.91 Å². The predicted molar refractivity (Wildman–Crippen MR) is 346 cm³/mol. The van der Waals surface area contributed by atoms with Crippen LogP contribution in [-0.2, 0) is 33.2 Å². The number of nitrogens with one attached hydrogen (secondary N) is 1. The minimum atomic E-state index is -1.98. The van der Waals surface area contributed by atoms with Gasteiger partial charge in [0.05, 0.1) is 38.6 Å². The third-order valence-electron chi connectivity index (χ3n) is 17.6. The lowest BCUT2D eigenvalue weighted by Gasteiger charge is -2.48. The van der Waals surface area contributed by atoms with Gasteiger partial charge in [0, 0.05) is 6.42 Å². The van der Waals surface area contributed by atoms with Gasteiger partial charge in [-0.15, -0.1) is 0 Å². The van der Waals surface area contributed by atoms with Gasteiger partial charge in [-0.05, 0) is 70.6 Å². The minimum Gasteiger partial charge on any atom is -0.394 e. The average Bonchev–Trinajstić information content (AvgIpc) is 2.35. The fourth-order valence-corrected chi connectivity index (χ4v) is 11.8. The van der Waals surface area contributed by atoms with E-state index in [4.69, 9.17) is 28.4 Å². The van der Waals surface area contributed by atoms with Crippen molar-refractivity contribution >= 4 is 5.91 Å². The van der Waals surface area contributed by atoms with Gasteiger partial charge < -0.3 is 89.9 Å². The summed E-state index contributed by atoms with van der Waals surface area (Å²) in [4.78, 5) is 13.4. The first kappa shape index (κ1) is 81.0. The van der Waals surface area contributed by atoms with E-state index in [-0.39, 0.29) is 18.9 Å². The van der Waals surface area contributed by atoms with Crippen LogP contribution < -0.4 is 5.32 Å². The molecule has 17 unspecified atom stereocenters. The summed E-state index contributed by atoms with van der Waals surface area (Å²) in [7, 11) is 0. The van der Waals surface area contributed by atoms with E-state index in [1.807, 2.05) is 6.08 Å². The topological polar surface area (TPSA) is 307 Å². The number of aliphatic hydroxyl groups is 11. The van der Waals surface area contributed by atoms with Crippen molar-refractivity contribution in [1.82, 2.24) is 5.32 Å². The van der Waals surface area contributed by atoms with E-state index in [2.05, 4.69) is 55.6 Å². The zero-order chi connectivity index (χ0) is 64.7. The summed E-state index contributed by atoms with van der Waals surface area (Å²) in [5.41, 5.74) is 0. The quantitative estimate of drug-likeness (QED) is 0.0199. The molecule has 0 saturated carbocycles. The average molecular weight is 1270 g/mol. The van der Waals surface area contributed by atoms with Gasteiger partial charge in [0.25, 0.3) is 0 Å². The number of carbonyl (C=O) groups is 1. The Kier molecular flexibility index (Phi) is 47.4. The van der Waals surface area contributed by atoms with Gasteiger partial charge in [-0.3, -0.25) is 4.79 Å². The van der Waals surface area contributed by atoms with Gasteiger partial charge in [0.15, 0.2) is 18.9 Å². The standard InChI is InChI=1S/C70H127NO18/c1-3-5-7-9-11-13-15-17-19-20-21-22-23-24-25-26-27-28-29-30-31-32-33-34-35-37-39-41-43-45-47-54(75)53(71-58(76)48-46-44-42-40-38-36-18-16-14-12-10-8-6-4-2)52-84-68-64(82)61(79)66(56(50-73)86-68)89-70-65(83)62(80)67(57(51-74)87-70)88-69-63(81)60(78)59(77)55(49-72)85-69/h16,18,32-33,37,39,45,47,53-57,59-70,72-75,77-83H,3-15,17,19-31,34-36,38,40-44,46,48-52H2,1-2H3,(H,71,76)/b18-16-,33-32+,39-37+,47-45+. The summed E-state index contributed by atoms with van der Waals surface area (Å²) in [5.74, 6) is -0.298. The van der Waals surface area contributed by atoms with Crippen LogP contribution in [0.5, 0.6) is 0 Å². The first-order valence-corrected chi connectivity index (χ1v) is 35.4. The highest BCUT2D eigenvalue weighted by molar-refractivity contribution is 5.76. The largest absolute Gasteiger partial charge is 0.394 e. The first-order valence-electron chi connectivity index (χ1n) is 35.4. The third-order valence-corrected chi connectivity index (χ3v) is 17.6. The fraction of sp³-hybridized carbons (Fsp3) is 0.871. The maximum Gasteiger partial charge on any atom is 0.220 e. The van der Waals surface area contributed by atoms with Gasteiger partial charge in [-0.25, -0.2) is 0 Å². The second kappa shape index (κ2) is 52.1. The molecule has 3 rings (SSSR count). The van der Waals surface area contributed by atoms with Crippen molar-refractivity contribution in [3.05, 3.63) is 48.6 Å². The number of hydrogen-bond acceptors (Lipinski definition) is 18. The van der Waals surface area contributed by atoms with Crippen LogP contribution in [0.2, 0.25) is 0 Å². The number of rotatable bonds is 54. The SMILES string of the molecule is CCCCCCC/C=C\CCCCCCCC(=O)NC(COC1OC(CO)C(OC2OC(CO)C(OC3OC(CO)C(O)C(O)C3O)C(O)C2O)C(O)C1O)C(O)/C=C/CC/C=C/CC/C=C/CCCCCCCCCCCCCCCCCCCCCC. The summed E-state index contributed by atoms with van der Waals surface area (Å²) in [6, 6.07) is -1.00. The van der Waals surface area contributed by atoms with Crippen LogP contribution in [0.3, 0.4) is 0 Å². The predicted octanol–water partition coefficient (Wildman–Crippen LogP) is 9.39. The van der Waals surface area contributed by atoms with E-state index in [0.29, 0.717) is 12.8 Å². The lowest BCUT2D eigenvalue weighted by Crippen LogP contribution is -2.66. The molecule has 1 amide bonds. The van der Waals surface area contributed by atoms with Crippen LogP contribution >= 0.6 is 0 Å². The minimum absolute atomic E-state index is 0.221. The third kappa shape index (κ3) is 34.1. The van der Waals surface area contributed by atoms with Crippen LogP contribution in [0.4, 0.5) is 0 Å². The number of hydrogen-bond donors (Lipinski definition) is 12. The molecule has 0 aromatic carbocycles. The molecule has 0 bridgehead atoms. The molecule has 3 aliphatic heterocycles. The number of ether oxygens (including phenoxy) is 6. The van der Waals surface area contributed by atoms with Crippen molar-refractivity contribution in [3.63, 3.8) is 0 Å². The molecular formula is C70H127NO18. The molecule has 12 N–H and O–H groups in total. The number of allylic oxidation sites excluding steroid dienone is 7. The number of amides is 1. The zero-order valence-corrected chi connectivity index (χ0v) is 54.9. The second-order valence-electron chi connectivity index (χ2n) is 25.3. The molecule has 3 fully saturated rings. The zero-order valence-electron chi connectivity index (χ0n) is 54.9. The number of aliphatic hydroxyl groups excluding tert-OH is 11. The molecule has 0 spiro atoms. The Morgan fingerprint density at radius 1 is 0.393 bits per heavy atom. The van der Waals surface area contributed by atoms with E-state index in [1.165, 1.54) is 161 Å². The van der Waals surface area contributed by atoms with Gasteiger partial charge in [-0.2, -0.15) is 0 Å². The molecule has 19 heteroatoms. The Balaban J connectivity index is 1.42. The molecule has 3 aliphatic rings. The highest BCUT2D eigenvalue weighted by Gasteiger charge is 2.53. The van der Waals surface area contributed by atoms with Crippen molar-refractivity contribution < 1.29 is 89.4 Å². The molecule has 89 heavy (non-hydrogen) atoms. The Labute approximate surface area is 535 Å². The van der Waals surface area contributed by atoms with Crippen molar-refractivity contribution in [2.75, 3.05) is 26.4 Å². The van der Waals surface area contributed by atoms with Crippen molar-refractivity contribution in [2.45, 2.75) is 362 Å². The summed E-state index contributed by atoms with van der Waals surface area (Å²) in [5, 5.41) is 120. The Hall–Kier alpha value is -2.25. The van der Waals surface area contributed by atoms with Crippen LogP contribution in [0, 0.1) is 0 Å². The summed E-state index contributed by atoms with van der Waals surface area (Å²) in [6.07, 6.45) is 35.4. The summed E-state index contributed by atoms with van der Waals surface area (Å²) in [6.45, 7) is 1.70. The van der Waals surface area contributed by atoms with Gasteiger partial charge in [-0.1, -0.05) is 229 Å². The summed E-state index contributed by atoms with van der Waals surface area (Å²) >= 11 is 0. The maximum atomic E-state index is 13.4. The maximum absolute atomic E-state index is 13.4. The normalized spacial score (nSPS) is 28.5. The molecule has 17 atom stereocenters. The monoisotopic (exact) mass is 1270 g/mol. The van der Waals surface area contributed by atoms with Crippen molar-refractivity contribution in [1.29, 1.82) is 0 Å². The molecule has 19 nitrogen and oxygen atoms in total. The van der Waals surface area contributed by atoms with Crippen molar-refractivity contribution in [2.24, 2.45) is 0 Å². The van der Waals surface area contributed by atoms with E-state index < -0.39 is 124 Å². The van der Waals surface area contributed by atoms with Crippen LogP contribution in [0.25, 0.3) is 0 Å². The molecule has 0 radical (unpaired) electrons. The lowest BCUT2D eigenvalue weighted by molar-refractivity contribution is -0.379. The van der Waals surface area contributed by atoms with Gasteiger partial charge >= 0.3 is 0 Å². The molecule has 0 aromatic heterocycles. The van der Waals surface area contributed by atoms with Crippen molar-refractivity contribution in [3.8, 4) is 0 Å². The van der Waals surface area contributed by atoms with Crippen LogP contribution in [-0.4, -0.2) is 193 Å². The van der Waals surface area contributed by atoms with E-state index >= 15 is 0 Å². The molecule has 0 aliphatic carbocycles. The van der Waals surface area contributed by atoms with Crippen LogP contribution in [0.1, 0.15) is 258 Å². The summed E-state index contributed by atoms with van der Waals surface area (Å²) < 4.78 is 34.3. The lowest BCUT2D eigenvalue weighted by atomic mass is 9.96. The van der Waals surface area contributed by atoms with E-state index in [1.54, 1.807) is 6.08 Å². The molecule has 520 valence electrons. The second-order valence-corrected chi connectivity index (χ2v) is 25.3. The van der Waals surface area contributed by atoms with E-state index in [9.17, 15) is 61.0 Å². The first-order chi connectivity index (χ1) is 43.3. The molecular weight excluding hydrogens is 1140 g/mol. The van der Waals surface area contributed by atoms with Gasteiger partial charge in [0.1, 0.15) is 73.2 Å².